The number of ether oxygens (including phenoxy) is 8. The smallest absolute Gasteiger partial charge is 0.203 e. The molecule has 0 aliphatic carbocycles. The standard InChI is InChI=1S/2C19H22O4/c2*1-13(10-14-6-8-16(20-2)9-7-14)15-11-17(21-3)19(23-5)18(12-15)22-4/h2*6-12H,1-5H3/b13-10+;13-10-. The number of allylic oxidation sites excluding steroid dienone is 2. The van der Waals surface area contributed by atoms with Gasteiger partial charge in [-0.1, -0.05) is 36.4 Å². The Morgan fingerprint density at radius 1 is 0.391 bits per heavy atom. The Labute approximate surface area is 272 Å². The highest BCUT2D eigenvalue weighted by Crippen LogP contribution is 2.41. The van der Waals surface area contributed by atoms with Crippen LogP contribution in [-0.4, -0.2) is 56.9 Å². The van der Waals surface area contributed by atoms with Gasteiger partial charge in [-0.15, -0.1) is 0 Å². The molecule has 0 bridgehead atoms. The molecule has 8 nitrogen and oxygen atoms in total. The van der Waals surface area contributed by atoms with Gasteiger partial charge in [-0.2, -0.15) is 0 Å². The summed E-state index contributed by atoms with van der Waals surface area (Å²) in [7, 11) is 13.0. The highest BCUT2D eigenvalue weighted by Gasteiger charge is 2.15. The Morgan fingerprint density at radius 3 is 0.891 bits per heavy atom. The molecule has 0 aromatic heterocycles. The molecule has 244 valence electrons. The lowest BCUT2D eigenvalue weighted by molar-refractivity contribution is 0.324. The molecule has 0 amide bonds. The van der Waals surface area contributed by atoms with Crippen LogP contribution < -0.4 is 37.9 Å². The third-order valence-electron chi connectivity index (χ3n) is 7.24. The van der Waals surface area contributed by atoms with Gasteiger partial charge in [-0.3, -0.25) is 0 Å². The van der Waals surface area contributed by atoms with Crippen molar-refractivity contribution in [1.82, 2.24) is 0 Å². The summed E-state index contributed by atoms with van der Waals surface area (Å²) in [6, 6.07) is 23.6. The van der Waals surface area contributed by atoms with E-state index in [9.17, 15) is 0 Å². The molecule has 0 N–H and O–H groups in total. The topological polar surface area (TPSA) is 73.8 Å². The zero-order chi connectivity index (χ0) is 33.6. The molecule has 0 heterocycles. The van der Waals surface area contributed by atoms with Crippen molar-refractivity contribution in [2.75, 3.05) is 56.9 Å². The summed E-state index contributed by atoms with van der Waals surface area (Å²) >= 11 is 0. The van der Waals surface area contributed by atoms with Crippen molar-refractivity contribution >= 4 is 23.3 Å². The maximum atomic E-state index is 5.40. The molecular formula is C38H44O8. The van der Waals surface area contributed by atoms with E-state index >= 15 is 0 Å². The fraction of sp³-hybridized carbons (Fsp3) is 0.263. The van der Waals surface area contributed by atoms with E-state index in [-0.39, 0.29) is 0 Å². The zero-order valence-corrected chi connectivity index (χ0v) is 28.3. The number of rotatable bonds is 12. The molecule has 46 heavy (non-hydrogen) atoms. The van der Waals surface area contributed by atoms with Crippen molar-refractivity contribution in [3.63, 3.8) is 0 Å². The largest absolute Gasteiger partial charge is 0.497 e. The minimum absolute atomic E-state index is 0.594. The highest BCUT2D eigenvalue weighted by molar-refractivity contribution is 5.83. The van der Waals surface area contributed by atoms with Crippen LogP contribution in [0.3, 0.4) is 0 Å². The van der Waals surface area contributed by atoms with Crippen LogP contribution in [0, 0.1) is 0 Å². The summed E-state index contributed by atoms with van der Waals surface area (Å²) in [4.78, 5) is 0. The van der Waals surface area contributed by atoms with Crippen molar-refractivity contribution < 1.29 is 37.9 Å². The quantitative estimate of drug-likeness (QED) is 0.145. The zero-order valence-electron chi connectivity index (χ0n) is 28.3. The van der Waals surface area contributed by atoms with Crippen LogP contribution in [0.15, 0.2) is 72.8 Å². The van der Waals surface area contributed by atoms with Crippen molar-refractivity contribution in [3.8, 4) is 46.0 Å². The summed E-state index contributed by atoms with van der Waals surface area (Å²) in [5, 5.41) is 0. The van der Waals surface area contributed by atoms with Crippen LogP contribution >= 0.6 is 0 Å². The molecule has 4 aromatic carbocycles. The van der Waals surface area contributed by atoms with Gasteiger partial charge in [-0.25, -0.2) is 0 Å². The Balaban J connectivity index is 0.000000250. The molecule has 0 saturated carbocycles. The minimum Gasteiger partial charge on any atom is -0.497 e. The first kappa shape index (κ1) is 35.2. The molecule has 0 fully saturated rings. The molecule has 8 heteroatoms. The van der Waals surface area contributed by atoms with Gasteiger partial charge in [0.25, 0.3) is 0 Å². The molecule has 0 saturated heterocycles. The van der Waals surface area contributed by atoms with Gasteiger partial charge in [0.1, 0.15) is 11.5 Å². The highest BCUT2D eigenvalue weighted by atomic mass is 16.5. The second-order valence-electron chi connectivity index (χ2n) is 10.0. The summed E-state index contributed by atoms with van der Waals surface area (Å²) in [5.41, 5.74) is 6.39. The average Bonchev–Trinajstić information content (AvgIpc) is 3.10. The van der Waals surface area contributed by atoms with Gasteiger partial charge in [0.05, 0.1) is 56.9 Å². The first-order valence-electron chi connectivity index (χ1n) is 14.5. The van der Waals surface area contributed by atoms with Gasteiger partial charge in [0.15, 0.2) is 23.0 Å². The summed E-state index contributed by atoms with van der Waals surface area (Å²) < 4.78 is 42.7. The van der Waals surface area contributed by atoms with E-state index in [1.54, 1.807) is 56.9 Å². The normalized spacial score (nSPS) is 11.1. The first-order valence-corrected chi connectivity index (χ1v) is 14.5. The van der Waals surface area contributed by atoms with E-state index in [0.29, 0.717) is 34.5 Å². The minimum atomic E-state index is 0.594. The van der Waals surface area contributed by atoms with Gasteiger partial charge < -0.3 is 37.9 Å². The van der Waals surface area contributed by atoms with Crippen LogP contribution in [0.5, 0.6) is 46.0 Å². The second kappa shape index (κ2) is 17.3. The number of hydrogen-bond acceptors (Lipinski definition) is 8. The average molecular weight is 629 g/mol. The van der Waals surface area contributed by atoms with Crippen molar-refractivity contribution in [1.29, 1.82) is 0 Å². The van der Waals surface area contributed by atoms with Crippen molar-refractivity contribution in [2.24, 2.45) is 0 Å². The monoisotopic (exact) mass is 628 g/mol. The Bertz CT molecular complexity index is 1450. The molecule has 0 radical (unpaired) electrons. The van der Waals surface area contributed by atoms with Gasteiger partial charge in [0.2, 0.25) is 11.5 Å². The van der Waals surface area contributed by atoms with Crippen LogP contribution in [0.25, 0.3) is 23.3 Å². The van der Waals surface area contributed by atoms with Crippen LogP contribution in [0.2, 0.25) is 0 Å². The van der Waals surface area contributed by atoms with Crippen molar-refractivity contribution in [2.45, 2.75) is 13.8 Å². The Kier molecular flexibility index (Phi) is 13.3. The van der Waals surface area contributed by atoms with E-state index in [2.05, 4.69) is 12.2 Å². The Hall–Kier alpha value is -5.24. The second-order valence-corrected chi connectivity index (χ2v) is 10.0. The third kappa shape index (κ3) is 8.91. The van der Waals surface area contributed by atoms with Gasteiger partial charge in [-0.05, 0) is 95.8 Å². The van der Waals surface area contributed by atoms with Crippen LogP contribution in [0.1, 0.15) is 36.1 Å². The fourth-order valence-electron chi connectivity index (χ4n) is 4.68. The van der Waals surface area contributed by atoms with Crippen molar-refractivity contribution in [3.05, 3.63) is 95.1 Å². The number of benzene rings is 4. The van der Waals surface area contributed by atoms with E-state index in [0.717, 1.165) is 44.9 Å². The lowest BCUT2D eigenvalue weighted by atomic mass is 10.0. The predicted octanol–water partition coefficient (Wildman–Crippen LogP) is 8.56. The molecule has 0 aliphatic rings. The molecule has 0 aliphatic heterocycles. The molecule has 0 unspecified atom stereocenters. The van der Waals surface area contributed by atoms with E-state index in [1.807, 2.05) is 86.6 Å². The lowest BCUT2D eigenvalue weighted by Crippen LogP contribution is -1.96. The van der Waals surface area contributed by atoms with Gasteiger partial charge in [0, 0.05) is 0 Å². The summed E-state index contributed by atoms with van der Waals surface area (Å²) in [6.07, 6.45) is 4.19. The summed E-state index contributed by atoms with van der Waals surface area (Å²) in [5.74, 6) is 5.44. The van der Waals surface area contributed by atoms with E-state index in [4.69, 9.17) is 37.9 Å². The molecule has 0 spiro atoms. The fourth-order valence-corrected chi connectivity index (χ4v) is 4.68. The molecule has 0 atom stereocenters. The summed E-state index contributed by atoms with van der Waals surface area (Å²) in [6.45, 7) is 4.09. The molecule has 4 aromatic rings. The maximum absolute atomic E-state index is 5.40. The van der Waals surface area contributed by atoms with E-state index in [1.165, 1.54) is 0 Å². The third-order valence-corrected chi connectivity index (χ3v) is 7.24. The maximum Gasteiger partial charge on any atom is 0.203 e. The SMILES string of the molecule is COc1ccc(/C=C(/C)c2cc(OC)c(OC)c(OC)c2)cc1.COc1ccc(/C=C(\C)c2cc(OC)c(OC)c(OC)c2)cc1. The van der Waals surface area contributed by atoms with Crippen LogP contribution in [0.4, 0.5) is 0 Å². The molecule has 4 rings (SSSR count). The number of methoxy groups -OCH3 is 8. The molecular weight excluding hydrogens is 584 g/mol. The van der Waals surface area contributed by atoms with Gasteiger partial charge >= 0.3 is 0 Å². The Morgan fingerprint density at radius 2 is 0.674 bits per heavy atom. The van der Waals surface area contributed by atoms with Crippen LogP contribution in [-0.2, 0) is 0 Å². The first-order chi connectivity index (χ1) is 22.2. The van der Waals surface area contributed by atoms with E-state index < -0.39 is 0 Å². The predicted molar refractivity (Wildman–Crippen MR) is 185 cm³/mol. The lowest BCUT2D eigenvalue weighted by Gasteiger charge is -2.14. The number of hydrogen-bond donors (Lipinski definition) is 0.